The second-order valence-electron chi connectivity index (χ2n) is 31.2. The average Bonchev–Trinajstić information content (AvgIpc) is 1.57. The van der Waals surface area contributed by atoms with E-state index in [1.807, 2.05) is 18.2 Å². The minimum atomic E-state index is 0.151. The van der Waals surface area contributed by atoms with E-state index in [4.69, 9.17) is 0 Å². The lowest BCUT2D eigenvalue weighted by Crippen LogP contribution is -2.14. The highest BCUT2D eigenvalue weighted by Gasteiger charge is 2.35. The van der Waals surface area contributed by atoms with Gasteiger partial charge in [0.25, 0.3) is 0 Å². The molecule has 2 aliphatic carbocycles. The van der Waals surface area contributed by atoms with Crippen molar-refractivity contribution in [1.82, 2.24) is 0 Å². The third-order valence-corrected chi connectivity index (χ3v) is 22.6. The van der Waals surface area contributed by atoms with Crippen molar-refractivity contribution in [1.29, 1.82) is 0 Å². The van der Waals surface area contributed by atoms with Crippen LogP contribution in [0.3, 0.4) is 0 Å². The Balaban J connectivity index is 0.000000102. The molecule has 0 radical (unpaired) electrons. The van der Waals surface area contributed by atoms with E-state index in [2.05, 4.69) is 451 Å². The Hall–Kier alpha value is -13.5. The van der Waals surface area contributed by atoms with E-state index >= 15 is 0 Å². The maximum absolute atomic E-state index is 2.33. The Morgan fingerprint density at radius 2 is 0.500 bits per heavy atom. The minimum Gasteiger partial charge on any atom is -0.0622 e. The van der Waals surface area contributed by atoms with Gasteiger partial charge in [-0.25, -0.2) is 0 Å². The van der Waals surface area contributed by atoms with E-state index in [1.54, 1.807) is 0 Å². The zero-order chi connectivity index (χ0) is 78.2. The summed E-state index contributed by atoms with van der Waals surface area (Å²) in [6, 6.07) is 146. The Kier molecular flexibility index (Phi) is 21.7. The van der Waals surface area contributed by atoms with Crippen molar-refractivity contribution in [2.75, 3.05) is 0 Å². The molecule has 0 saturated heterocycles. The van der Waals surface area contributed by atoms with Crippen LogP contribution in [0.25, 0.3) is 153 Å². The van der Waals surface area contributed by atoms with Crippen molar-refractivity contribution < 1.29 is 0 Å². The van der Waals surface area contributed by atoms with Crippen molar-refractivity contribution in [2.45, 2.75) is 67.7 Å². The molecule has 20 aromatic rings. The highest BCUT2D eigenvalue weighted by Crippen LogP contribution is 2.51. The smallest absolute Gasteiger partial charge is 0.0158 e. The van der Waals surface area contributed by atoms with Gasteiger partial charge in [0.2, 0.25) is 0 Å². The van der Waals surface area contributed by atoms with Gasteiger partial charge in [-0.3, -0.25) is 0 Å². The molecule has 0 atom stereocenters. The van der Waals surface area contributed by atoms with Gasteiger partial charge >= 0.3 is 0 Å². The summed E-state index contributed by atoms with van der Waals surface area (Å²) in [7, 11) is 0. The summed E-state index contributed by atoms with van der Waals surface area (Å²) >= 11 is 0. The predicted molar refractivity (Wildman–Crippen MR) is 497 cm³/mol. The molecular weight excluding hydrogens is 1370 g/mol. The minimum absolute atomic E-state index is 0.151. The van der Waals surface area contributed by atoms with Crippen molar-refractivity contribution >= 4 is 86.2 Å². The van der Waals surface area contributed by atoms with Crippen LogP contribution < -0.4 is 0 Å². The maximum atomic E-state index is 2.33. The highest BCUT2D eigenvalue weighted by molar-refractivity contribution is 6.19. The second kappa shape index (κ2) is 33.2. The van der Waals surface area contributed by atoms with Gasteiger partial charge in [-0.2, -0.15) is 0 Å². The summed E-state index contributed by atoms with van der Waals surface area (Å²) in [6.45, 7) is 19.6. The van der Waals surface area contributed by atoms with E-state index in [9.17, 15) is 0 Å². The summed E-state index contributed by atoms with van der Waals surface area (Å²) in [5.74, 6) is 0. The summed E-state index contributed by atoms with van der Waals surface area (Å²) in [4.78, 5) is 0. The fourth-order valence-electron chi connectivity index (χ4n) is 16.8. The fourth-order valence-corrected chi connectivity index (χ4v) is 16.8. The van der Waals surface area contributed by atoms with Crippen LogP contribution >= 0.6 is 0 Å². The molecule has 550 valence electrons. The van der Waals surface area contributed by atoms with Crippen molar-refractivity contribution in [3.8, 4) is 66.8 Å². The molecule has 22 rings (SSSR count). The molecule has 0 fully saturated rings. The second-order valence-corrected chi connectivity index (χ2v) is 31.2. The molecule has 0 aromatic heterocycles. The molecule has 0 nitrogen and oxygen atoms in total. The number of aryl methyl sites for hydroxylation is 7. The molecule has 2 aliphatic rings. The molecule has 0 bridgehead atoms. The van der Waals surface area contributed by atoms with Crippen LogP contribution in [0.1, 0.15) is 63.9 Å². The molecule has 0 saturated carbocycles. The normalized spacial score (nSPS) is 11.6. The van der Waals surface area contributed by atoms with E-state index in [1.165, 1.54) is 203 Å². The Morgan fingerprint density at radius 3 is 1.12 bits per heavy atom. The highest BCUT2D eigenvalue weighted by atomic mass is 14.4. The first-order valence-corrected chi connectivity index (χ1v) is 39.9. The van der Waals surface area contributed by atoms with Gasteiger partial charge in [0.05, 0.1) is 0 Å². The summed E-state index contributed by atoms with van der Waals surface area (Å²) < 4.78 is 0. The van der Waals surface area contributed by atoms with E-state index in [0.717, 1.165) is 0 Å². The van der Waals surface area contributed by atoms with Crippen LogP contribution in [0.5, 0.6) is 0 Å². The van der Waals surface area contributed by atoms with E-state index in [-0.39, 0.29) is 5.41 Å². The largest absolute Gasteiger partial charge is 0.0622 e. The number of hydrogen-bond donors (Lipinski definition) is 0. The van der Waals surface area contributed by atoms with Crippen LogP contribution in [-0.2, 0) is 5.41 Å². The van der Waals surface area contributed by atoms with Gasteiger partial charge in [-0.1, -0.05) is 447 Å². The Morgan fingerprint density at radius 1 is 0.149 bits per heavy atom. The number of hydrogen-bond acceptors (Lipinski definition) is 0. The number of fused-ring (bicyclic) bond motifs is 16. The van der Waals surface area contributed by atoms with Crippen LogP contribution in [0.2, 0.25) is 0 Å². The third-order valence-electron chi connectivity index (χ3n) is 22.6. The van der Waals surface area contributed by atoms with Crippen molar-refractivity contribution in [3.05, 3.63) is 457 Å². The third kappa shape index (κ3) is 15.9. The van der Waals surface area contributed by atoms with Crippen molar-refractivity contribution in [3.63, 3.8) is 0 Å². The zero-order valence-electron chi connectivity index (χ0n) is 66.7. The first-order valence-electron chi connectivity index (χ1n) is 39.9. The number of benzene rings is 20. The van der Waals surface area contributed by atoms with Crippen LogP contribution in [-0.4, -0.2) is 0 Å². The molecule has 0 unspecified atom stereocenters. The van der Waals surface area contributed by atoms with E-state index < -0.39 is 0 Å². The molecule has 0 N–H and O–H groups in total. The Labute approximate surface area is 672 Å². The lowest BCUT2D eigenvalue weighted by Gasteiger charge is -2.21. The molecule has 0 amide bonds. The van der Waals surface area contributed by atoms with Crippen molar-refractivity contribution in [2.24, 2.45) is 0 Å². The molecule has 0 spiro atoms. The standard InChI is InChI=1S/C23H16.2C21H16.C16H16.C15H12.C11H10.C7H8/c1-15-6-4-7-16(14-15)17-12-13-22-19-9-3-2-8-18(19)21-11-5-10-20(17)23(21)22;1-15-7-6-9-16(13-15)21-14-17-8-2-3-10-18(17)19-11-4-5-12-20(19)21;1-15-5-4-7-17(13-15)18-11-12-21-19(14-18)10-9-16-6-2-3-8-20(16)21;1-11-8-9-13-12-6-4-5-7-14(12)16(2,3)15(13)10-11;1-11-6-9-15-13(10-11)8-7-12-4-2-3-5-14(12)15;1-9-6-7-10-4-2-3-5-11(10)8-9;1-7-5-3-2-4-6-7/h2-14H,1H3;2*2-14H,1H3;4-10H,1-3H3;2-10H,1H3;2-8H,1H3;2-6H,1H3. The van der Waals surface area contributed by atoms with Gasteiger partial charge in [0.15, 0.2) is 0 Å². The first-order chi connectivity index (χ1) is 55.7. The van der Waals surface area contributed by atoms with Gasteiger partial charge in [0, 0.05) is 5.41 Å². The van der Waals surface area contributed by atoms with Gasteiger partial charge in [0.1, 0.15) is 0 Å². The SMILES string of the molecule is Cc1ccc2c(c1)C(C)(C)c1ccccc1-2.Cc1ccc2c(ccc3ccccc32)c1.Cc1ccc2ccccc2c1.Cc1cccc(-c2cc3ccccc3c3ccccc23)c1.Cc1cccc(-c2ccc3c(ccc4ccccc43)c2)c1.Cc1cccc(-c2ccc3c4c(cccc24)-c2ccccc2-3)c1.Cc1ccccc1. The molecule has 0 heteroatoms. The van der Waals surface area contributed by atoms with Gasteiger partial charge in [-0.05, 0) is 225 Å². The molecule has 114 heavy (non-hydrogen) atoms. The van der Waals surface area contributed by atoms with Crippen LogP contribution in [0.4, 0.5) is 0 Å². The van der Waals surface area contributed by atoms with Crippen LogP contribution in [0, 0.1) is 48.5 Å². The zero-order valence-corrected chi connectivity index (χ0v) is 66.7. The molecule has 0 aliphatic heterocycles. The molecular formula is C114H94. The monoisotopic (exact) mass is 1460 g/mol. The first kappa shape index (κ1) is 74.6. The maximum Gasteiger partial charge on any atom is 0.0158 e. The summed E-state index contributed by atoms with van der Waals surface area (Å²) in [5, 5.41) is 21.2. The quantitative estimate of drug-likeness (QED) is 0.155. The summed E-state index contributed by atoms with van der Waals surface area (Å²) in [5.41, 5.74) is 28.3. The Bertz CT molecular complexity index is 6880. The lowest BCUT2D eigenvalue weighted by molar-refractivity contribution is 0.660. The summed E-state index contributed by atoms with van der Waals surface area (Å²) in [6.07, 6.45) is 0. The van der Waals surface area contributed by atoms with E-state index in [0.29, 0.717) is 0 Å². The molecule has 0 heterocycles. The molecule has 20 aromatic carbocycles. The predicted octanol–water partition coefficient (Wildman–Crippen LogP) is 32.1. The van der Waals surface area contributed by atoms with Gasteiger partial charge in [-0.15, -0.1) is 0 Å². The lowest BCUT2D eigenvalue weighted by atomic mass is 9.82. The topological polar surface area (TPSA) is 0 Å². The van der Waals surface area contributed by atoms with Gasteiger partial charge < -0.3 is 0 Å². The van der Waals surface area contributed by atoms with Crippen LogP contribution in [0.15, 0.2) is 406 Å². The number of rotatable bonds is 3. The fraction of sp³-hybridized carbons (Fsp3) is 0.0877. The average molecular weight is 1460 g/mol.